The second-order valence-electron chi connectivity index (χ2n) is 5.76. The van der Waals surface area contributed by atoms with E-state index in [4.69, 9.17) is 4.74 Å². The Kier molecular flexibility index (Phi) is 5.83. The van der Waals surface area contributed by atoms with Crippen LogP contribution in [-0.2, 0) is 10.2 Å². The van der Waals surface area contributed by atoms with E-state index in [9.17, 15) is 0 Å². The second-order valence-corrected chi connectivity index (χ2v) is 5.76. The van der Waals surface area contributed by atoms with Crippen molar-refractivity contribution in [2.75, 3.05) is 20.3 Å². The van der Waals surface area contributed by atoms with Gasteiger partial charge in [0.05, 0.1) is 0 Å². The average Bonchev–Trinajstić information content (AvgIpc) is 2.33. The summed E-state index contributed by atoms with van der Waals surface area (Å²) in [5, 5.41) is 3.51. The molecule has 0 aliphatic heterocycles. The fourth-order valence-corrected chi connectivity index (χ4v) is 2.08. The molecule has 102 valence electrons. The summed E-state index contributed by atoms with van der Waals surface area (Å²) in [7, 11) is 1.76. The molecule has 0 aliphatic carbocycles. The van der Waals surface area contributed by atoms with E-state index < -0.39 is 0 Å². The summed E-state index contributed by atoms with van der Waals surface area (Å²) < 4.78 is 5.18. The van der Waals surface area contributed by atoms with Gasteiger partial charge >= 0.3 is 0 Å². The van der Waals surface area contributed by atoms with E-state index >= 15 is 0 Å². The van der Waals surface area contributed by atoms with E-state index in [1.54, 1.807) is 7.11 Å². The zero-order chi connectivity index (χ0) is 13.6. The molecule has 0 fully saturated rings. The van der Waals surface area contributed by atoms with Crippen molar-refractivity contribution >= 4 is 0 Å². The third-order valence-electron chi connectivity index (χ3n) is 3.24. The number of nitrogens with one attached hydrogen (secondary N) is 1. The highest BCUT2D eigenvalue weighted by atomic mass is 16.5. The van der Waals surface area contributed by atoms with Crippen LogP contribution in [0, 0.1) is 0 Å². The third-order valence-corrected chi connectivity index (χ3v) is 3.24. The van der Waals surface area contributed by atoms with E-state index in [-0.39, 0.29) is 5.41 Å². The Bertz CT molecular complexity index is 337. The van der Waals surface area contributed by atoms with Crippen LogP contribution in [0.25, 0.3) is 0 Å². The van der Waals surface area contributed by atoms with Crippen molar-refractivity contribution in [1.29, 1.82) is 0 Å². The molecule has 1 unspecified atom stereocenters. The van der Waals surface area contributed by atoms with Gasteiger partial charge < -0.3 is 10.1 Å². The van der Waals surface area contributed by atoms with E-state index in [1.165, 1.54) is 11.1 Å². The van der Waals surface area contributed by atoms with Gasteiger partial charge in [-0.3, -0.25) is 0 Å². The maximum atomic E-state index is 5.18. The third kappa shape index (κ3) is 4.43. The van der Waals surface area contributed by atoms with Crippen molar-refractivity contribution in [3.63, 3.8) is 0 Å². The standard InChI is InChI=1S/C16H27NO/c1-6-17-15(11-12-18-5)13-7-9-14(10-8-13)16(2,3)4/h7-10,15,17H,6,11-12H2,1-5H3. The van der Waals surface area contributed by atoms with Gasteiger partial charge in [0.1, 0.15) is 0 Å². The summed E-state index contributed by atoms with van der Waals surface area (Å²) >= 11 is 0. The summed E-state index contributed by atoms with van der Waals surface area (Å²) in [6, 6.07) is 9.36. The lowest BCUT2D eigenvalue weighted by atomic mass is 9.86. The Morgan fingerprint density at radius 2 is 1.78 bits per heavy atom. The fraction of sp³-hybridized carbons (Fsp3) is 0.625. The fourth-order valence-electron chi connectivity index (χ4n) is 2.08. The zero-order valence-electron chi connectivity index (χ0n) is 12.4. The molecule has 0 bridgehead atoms. The number of methoxy groups -OCH3 is 1. The number of rotatable bonds is 6. The van der Waals surface area contributed by atoms with Gasteiger partial charge in [0, 0.05) is 19.8 Å². The van der Waals surface area contributed by atoms with E-state index in [0.29, 0.717) is 6.04 Å². The Hall–Kier alpha value is -0.860. The molecular formula is C16H27NO. The van der Waals surface area contributed by atoms with Crippen LogP contribution in [0.15, 0.2) is 24.3 Å². The van der Waals surface area contributed by atoms with Crippen LogP contribution in [0.5, 0.6) is 0 Å². The summed E-state index contributed by atoms with van der Waals surface area (Å²) in [5.41, 5.74) is 2.95. The molecule has 1 atom stereocenters. The topological polar surface area (TPSA) is 21.3 Å². The Labute approximate surface area is 112 Å². The molecule has 0 heterocycles. The summed E-state index contributed by atoms with van der Waals surface area (Å²) in [4.78, 5) is 0. The summed E-state index contributed by atoms with van der Waals surface area (Å²) in [5.74, 6) is 0. The van der Waals surface area contributed by atoms with Crippen LogP contribution in [0.1, 0.15) is 51.3 Å². The van der Waals surface area contributed by atoms with Crippen molar-refractivity contribution in [3.05, 3.63) is 35.4 Å². The molecule has 18 heavy (non-hydrogen) atoms. The normalized spacial score (nSPS) is 13.6. The lowest BCUT2D eigenvalue weighted by Gasteiger charge is -2.22. The van der Waals surface area contributed by atoms with E-state index in [0.717, 1.165) is 19.6 Å². The van der Waals surface area contributed by atoms with Crippen LogP contribution in [-0.4, -0.2) is 20.3 Å². The lowest BCUT2D eigenvalue weighted by molar-refractivity contribution is 0.183. The van der Waals surface area contributed by atoms with Gasteiger partial charge in [-0.2, -0.15) is 0 Å². The number of hydrogen-bond donors (Lipinski definition) is 1. The highest BCUT2D eigenvalue weighted by Gasteiger charge is 2.15. The average molecular weight is 249 g/mol. The minimum atomic E-state index is 0.221. The second kappa shape index (κ2) is 6.91. The number of ether oxygens (including phenoxy) is 1. The lowest BCUT2D eigenvalue weighted by Crippen LogP contribution is -2.22. The number of hydrogen-bond acceptors (Lipinski definition) is 2. The summed E-state index contributed by atoms with van der Waals surface area (Å²) in [6.45, 7) is 10.6. The zero-order valence-corrected chi connectivity index (χ0v) is 12.4. The molecule has 0 spiro atoms. The first kappa shape index (κ1) is 15.2. The molecule has 2 heteroatoms. The predicted octanol–water partition coefficient (Wildman–Crippen LogP) is 3.67. The first-order valence-electron chi connectivity index (χ1n) is 6.81. The van der Waals surface area contributed by atoms with Gasteiger partial charge in [0.25, 0.3) is 0 Å². The quantitative estimate of drug-likeness (QED) is 0.830. The number of benzene rings is 1. The molecule has 0 aromatic heterocycles. The van der Waals surface area contributed by atoms with Gasteiger partial charge in [-0.15, -0.1) is 0 Å². The molecule has 0 saturated carbocycles. The molecule has 0 aliphatic rings. The molecule has 0 radical (unpaired) electrons. The molecule has 1 aromatic rings. The van der Waals surface area contributed by atoms with Crippen LogP contribution >= 0.6 is 0 Å². The van der Waals surface area contributed by atoms with Gasteiger partial charge in [-0.05, 0) is 29.5 Å². The maximum absolute atomic E-state index is 5.18. The minimum absolute atomic E-state index is 0.221. The van der Waals surface area contributed by atoms with Crippen molar-refractivity contribution in [2.24, 2.45) is 0 Å². The van der Waals surface area contributed by atoms with Gasteiger partial charge in [-0.25, -0.2) is 0 Å². The highest BCUT2D eigenvalue weighted by Crippen LogP contribution is 2.24. The van der Waals surface area contributed by atoms with Crippen molar-refractivity contribution in [2.45, 2.75) is 45.6 Å². The minimum Gasteiger partial charge on any atom is -0.385 e. The SMILES string of the molecule is CCNC(CCOC)c1ccc(C(C)(C)C)cc1. The van der Waals surface area contributed by atoms with Crippen molar-refractivity contribution in [1.82, 2.24) is 5.32 Å². The molecule has 2 nitrogen and oxygen atoms in total. The molecule has 0 amide bonds. The molecule has 0 saturated heterocycles. The largest absolute Gasteiger partial charge is 0.385 e. The molecule has 1 rings (SSSR count). The van der Waals surface area contributed by atoms with Gasteiger partial charge in [-0.1, -0.05) is 52.0 Å². The predicted molar refractivity (Wildman–Crippen MR) is 78.1 cm³/mol. The Balaban J connectivity index is 2.79. The Morgan fingerprint density at radius 1 is 1.17 bits per heavy atom. The monoisotopic (exact) mass is 249 g/mol. The van der Waals surface area contributed by atoms with Crippen LogP contribution in [0.4, 0.5) is 0 Å². The smallest absolute Gasteiger partial charge is 0.0480 e. The highest BCUT2D eigenvalue weighted by molar-refractivity contribution is 5.29. The first-order chi connectivity index (χ1) is 8.49. The van der Waals surface area contributed by atoms with E-state index in [1.807, 2.05) is 0 Å². The van der Waals surface area contributed by atoms with Crippen LogP contribution < -0.4 is 5.32 Å². The Morgan fingerprint density at radius 3 is 2.22 bits per heavy atom. The van der Waals surface area contributed by atoms with Crippen LogP contribution in [0.2, 0.25) is 0 Å². The van der Waals surface area contributed by atoms with Crippen LogP contribution in [0.3, 0.4) is 0 Å². The first-order valence-corrected chi connectivity index (χ1v) is 6.81. The molecule has 1 aromatic carbocycles. The maximum Gasteiger partial charge on any atom is 0.0480 e. The summed E-state index contributed by atoms with van der Waals surface area (Å²) in [6.07, 6.45) is 1.01. The van der Waals surface area contributed by atoms with Gasteiger partial charge in [0.15, 0.2) is 0 Å². The van der Waals surface area contributed by atoms with Crippen molar-refractivity contribution < 1.29 is 4.74 Å². The van der Waals surface area contributed by atoms with Crippen molar-refractivity contribution in [3.8, 4) is 0 Å². The molecular weight excluding hydrogens is 222 g/mol. The molecule has 1 N–H and O–H groups in total. The van der Waals surface area contributed by atoms with Gasteiger partial charge in [0.2, 0.25) is 0 Å². The van der Waals surface area contributed by atoms with E-state index in [2.05, 4.69) is 57.3 Å².